The molecule has 0 saturated carbocycles. The zero-order valence-electron chi connectivity index (χ0n) is 10.7. The Bertz CT molecular complexity index is 282. The highest BCUT2D eigenvalue weighted by atomic mass is 28.3. The molecule has 4 nitrogen and oxygen atoms in total. The molecular formula is C11H22O4Si. The normalized spacial score (nSPS) is 31.7. The largest absolute Gasteiger partial charge is 0.458 e. The van der Waals surface area contributed by atoms with E-state index in [0.29, 0.717) is 6.04 Å². The Hall–Kier alpha value is -0.393. The van der Waals surface area contributed by atoms with Gasteiger partial charge in [0.1, 0.15) is 12.2 Å². The topological polar surface area (TPSA) is 66.8 Å². The standard InChI is InChI=1S/C11H22O4Si/c1-11(2,3)16(4,5)6-7-8(12)9(13)10(14)15-7/h7-9,12-13H,6H2,1-5H3/t7-,8-,9-/m0/s1. The van der Waals surface area contributed by atoms with Gasteiger partial charge in [-0.1, -0.05) is 33.9 Å². The first-order valence-corrected chi connectivity index (χ1v) is 8.83. The maximum atomic E-state index is 11.1. The van der Waals surface area contributed by atoms with Crippen molar-refractivity contribution in [1.29, 1.82) is 0 Å². The van der Waals surface area contributed by atoms with Crippen LogP contribution in [0.3, 0.4) is 0 Å². The molecule has 3 atom stereocenters. The fourth-order valence-electron chi connectivity index (χ4n) is 1.60. The lowest BCUT2D eigenvalue weighted by Crippen LogP contribution is -2.43. The number of aliphatic hydroxyl groups excluding tert-OH is 2. The predicted octanol–water partition coefficient (Wildman–Crippen LogP) is 1.14. The van der Waals surface area contributed by atoms with E-state index < -0.39 is 32.4 Å². The number of hydrogen-bond donors (Lipinski definition) is 2. The number of rotatable bonds is 2. The second kappa shape index (κ2) is 4.12. The lowest BCUT2D eigenvalue weighted by atomic mass is 10.2. The Kier molecular flexibility index (Phi) is 3.52. The second-order valence-corrected chi connectivity index (χ2v) is 11.9. The van der Waals surface area contributed by atoms with Crippen LogP contribution in [0.15, 0.2) is 0 Å². The van der Waals surface area contributed by atoms with Crippen molar-refractivity contribution in [3.05, 3.63) is 0 Å². The van der Waals surface area contributed by atoms with Crippen LogP contribution >= 0.6 is 0 Å². The number of carbonyl (C=O) groups excluding carboxylic acids is 1. The summed E-state index contributed by atoms with van der Waals surface area (Å²) >= 11 is 0. The van der Waals surface area contributed by atoms with Crippen molar-refractivity contribution in [3.8, 4) is 0 Å². The molecule has 94 valence electrons. The van der Waals surface area contributed by atoms with E-state index in [1.807, 2.05) is 0 Å². The maximum Gasteiger partial charge on any atom is 0.338 e. The van der Waals surface area contributed by atoms with Gasteiger partial charge in [-0.2, -0.15) is 0 Å². The Morgan fingerprint density at radius 1 is 1.31 bits per heavy atom. The van der Waals surface area contributed by atoms with Gasteiger partial charge in [0.15, 0.2) is 6.10 Å². The summed E-state index contributed by atoms with van der Waals surface area (Å²) in [6, 6.07) is 0.681. The summed E-state index contributed by atoms with van der Waals surface area (Å²) in [6.45, 7) is 10.9. The molecule has 0 radical (unpaired) electrons. The van der Waals surface area contributed by atoms with Crippen LogP contribution < -0.4 is 0 Å². The number of aliphatic hydroxyl groups is 2. The average molecular weight is 246 g/mol. The fraction of sp³-hybridized carbons (Fsp3) is 0.909. The number of hydrogen-bond acceptors (Lipinski definition) is 4. The van der Waals surface area contributed by atoms with Gasteiger partial charge in [0.2, 0.25) is 0 Å². The summed E-state index contributed by atoms with van der Waals surface area (Å²) in [5.74, 6) is -0.698. The van der Waals surface area contributed by atoms with E-state index in [1.54, 1.807) is 0 Å². The van der Waals surface area contributed by atoms with Gasteiger partial charge in [0.05, 0.1) is 8.07 Å². The monoisotopic (exact) mass is 246 g/mol. The first-order valence-electron chi connectivity index (χ1n) is 5.63. The SMILES string of the molecule is CC(C)(C)[Si](C)(C)C[C@@H]1OC(=O)[C@@H](O)[C@H]1O. The third-order valence-corrected chi connectivity index (χ3v) is 9.44. The zero-order valence-corrected chi connectivity index (χ0v) is 11.7. The molecule has 0 bridgehead atoms. The molecule has 1 heterocycles. The molecule has 0 aromatic rings. The van der Waals surface area contributed by atoms with E-state index in [-0.39, 0.29) is 5.04 Å². The van der Waals surface area contributed by atoms with Crippen molar-refractivity contribution in [1.82, 2.24) is 0 Å². The van der Waals surface area contributed by atoms with Crippen molar-refractivity contribution in [3.63, 3.8) is 0 Å². The molecule has 1 aliphatic heterocycles. The quantitative estimate of drug-likeness (QED) is 0.566. The number of esters is 1. The highest BCUT2D eigenvalue weighted by Crippen LogP contribution is 2.41. The average Bonchev–Trinajstić information content (AvgIpc) is 2.31. The lowest BCUT2D eigenvalue weighted by Gasteiger charge is -2.38. The molecule has 1 rings (SSSR count). The summed E-state index contributed by atoms with van der Waals surface area (Å²) in [5.41, 5.74) is 0. The lowest BCUT2D eigenvalue weighted by molar-refractivity contribution is -0.146. The zero-order chi connectivity index (χ0) is 12.7. The molecule has 1 aliphatic rings. The molecule has 2 N–H and O–H groups in total. The van der Waals surface area contributed by atoms with Crippen molar-refractivity contribution >= 4 is 14.0 Å². The van der Waals surface area contributed by atoms with Gasteiger partial charge in [0.25, 0.3) is 0 Å². The summed E-state index contributed by atoms with van der Waals surface area (Å²) < 4.78 is 5.01. The Morgan fingerprint density at radius 3 is 2.12 bits per heavy atom. The van der Waals surface area contributed by atoms with Crippen LogP contribution in [-0.2, 0) is 9.53 Å². The van der Waals surface area contributed by atoms with Crippen molar-refractivity contribution in [2.45, 2.75) is 63.3 Å². The number of ether oxygens (including phenoxy) is 1. The maximum absolute atomic E-state index is 11.1. The minimum absolute atomic E-state index is 0.173. The van der Waals surface area contributed by atoms with Gasteiger partial charge in [0, 0.05) is 0 Å². The van der Waals surface area contributed by atoms with E-state index >= 15 is 0 Å². The van der Waals surface area contributed by atoms with Crippen LogP contribution in [0.5, 0.6) is 0 Å². The van der Waals surface area contributed by atoms with Crippen LogP contribution in [0.2, 0.25) is 24.2 Å². The van der Waals surface area contributed by atoms with Crippen LogP contribution in [0.25, 0.3) is 0 Å². The van der Waals surface area contributed by atoms with E-state index in [0.717, 1.165) is 0 Å². The first kappa shape index (κ1) is 13.7. The van der Waals surface area contributed by atoms with E-state index in [1.165, 1.54) is 0 Å². The van der Waals surface area contributed by atoms with Gasteiger partial charge in [-0.25, -0.2) is 4.79 Å². The van der Waals surface area contributed by atoms with Crippen LogP contribution in [0.1, 0.15) is 20.8 Å². The third-order valence-electron chi connectivity index (χ3n) is 3.96. The summed E-state index contributed by atoms with van der Waals surface area (Å²) in [4.78, 5) is 11.1. The van der Waals surface area contributed by atoms with Crippen LogP contribution in [-0.4, -0.2) is 42.6 Å². The van der Waals surface area contributed by atoms with Gasteiger partial charge in [-0.05, 0) is 11.1 Å². The van der Waals surface area contributed by atoms with Crippen molar-refractivity contribution in [2.24, 2.45) is 0 Å². The molecule has 0 aromatic heterocycles. The molecule has 5 heteroatoms. The Labute approximate surface area is 97.6 Å². The van der Waals surface area contributed by atoms with E-state index in [9.17, 15) is 15.0 Å². The molecular weight excluding hydrogens is 224 g/mol. The van der Waals surface area contributed by atoms with Gasteiger partial charge in [-0.15, -0.1) is 0 Å². The molecule has 1 fully saturated rings. The summed E-state index contributed by atoms with van der Waals surface area (Å²) in [6.07, 6.45) is -2.97. The predicted molar refractivity (Wildman–Crippen MR) is 63.9 cm³/mol. The van der Waals surface area contributed by atoms with Gasteiger partial charge >= 0.3 is 5.97 Å². The Balaban J connectivity index is 2.73. The van der Waals surface area contributed by atoms with Gasteiger partial charge in [-0.3, -0.25) is 0 Å². The molecule has 0 unspecified atom stereocenters. The molecule has 16 heavy (non-hydrogen) atoms. The van der Waals surface area contributed by atoms with Crippen molar-refractivity contribution < 1.29 is 19.7 Å². The van der Waals surface area contributed by atoms with Crippen LogP contribution in [0, 0.1) is 0 Å². The first-order chi connectivity index (χ1) is 7.06. The number of carbonyl (C=O) groups is 1. The molecule has 0 spiro atoms. The fourth-order valence-corrected chi connectivity index (χ4v) is 3.55. The molecule has 0 aromatic carbocycles. The third kappa shape index (κ3) is 2.47. The van der Waals surface area contributed by atoms with E-state index in [2.05, 4.69) is 33.9 Å². The molecule has 0 aliphatic carbocycles. The highest BCUT2D eigenvalue weighted by molar-refractivity contribution is 6.80. The molecule has 1 saturated heterocycles. The number of cyclic esters (lactones) is 1. The van der Waals surface area contributed by atoms with E-state index in [4.69, 9.17) is 4.74 Å². The molecule has 0 amide bonds. The smallest absolute Gasteiger partial charge is 0.338 e. The van der Waals surface area contributed by atoms with Crippen LogP contribution in [0.4, 0.5) is 0 Å². The summed E-state index contributed by atoms with van der Waals surface area (Å²) in [7, 11) is -1.62. The Morgan fingerprint density at radius 2 is 1.81 bits per heavy atom. The second-order valence-electron chi connectivity index (χ2n) is 6.25. The highest BCUT2D eigenvalue weighted by Gasteiger charge is 2.47. The minimum atomic E-state index is -1.62. The van der Waals surface area contributed by atoms with Gasteiger partial charge < -0.3 is 14.9 Å². The van der Waals surface area contributed by atoms with Crippen molar-refractivity contribution in [2.75, 3.05) is 0 Å². The minimum Gasteiger partial charge on any atom is -0.458 e. The summed E-state index contributed by atoms with van der Waals surface area (Å²) in [5, 5.41) is 19.2.